The van der Waals surface area contributed by atoms with Gasteiger partial charge in [0.05, 0.1) is 12.1 Å². The number of nitrogens with zero attached hydrogens (tertiary/aromatic N) is 3. The molecular weight excluding hydrogens is 362 g/mol. The number of carbonyl (C=O) groups excluding carboxylic acids is 1. The molecule has 5 nitrogen and oxygen atoms in total. The molecular formula is C24H21N3O2. The Bertz CT molecular complexity index is 1160. The molecule has 0 aliphatic rings. The Morgan fingerprint density at radius 1 is 1.14 bits per heavy atom. The van der Waals surface area contributed by atoms with E-state index in [4.69, 9.17) is 9.52 Å². The fourth-order valence-corrected chi connectivity index (χ4v) is 3.27. The maximum atomic E-state index is 12.6. The minimum atomic E-state index is -0.0905. The van der Waals surface area contributed by atoms with Crippen molar-refractivity contribution in [2.75, 3.05) is 0 Å². The van der Waals surface area contributed by atoms with Gasteiger partial charge in [0.2, 0.25) is 0 Å². The van der Waals surface area contributed by atoms with Crippen LogP contribution >= 0.6 is 0 Å². The predicted octanol–water partition coefficient (Wildman–Crippen LogP) is 5.10. The largest absolute Gasteiger partial charge is 0.466 e. The molecule has 0 atom stereocenters. The number of benzene rings is 1. The maximum Gasteiger partial charge on any atom is 0.189 e. The van der Waals surface area contributed by atoms with E-state index in [9.17, 15) is 4.79 Å². The highest BCUT2D eigenvalue weighted by atomic mass is 16.3. The van der Waals surface area contributed by atoms with Crippen LogP contribution in [-0.2, 0) is 6.54 Å². The fraction of sp³-hybridized carbons (Fsp3) is 0.125. The van der Waals surface area contributed by atoms with Gasteiger partial charge in [0.25, 0.3) is 0 Å². The van der Waals surface area contributed by atoms with Gasteiger partial charge in [-0.25, -0.2) is 0 Å². The molecule has 0 unspecified atom stereocenters. The van der Waals surface area contributed by atoms with Crippen LogP contribution in [0.5, 0.6) is 0 Å². The summed E-state index contributed by atoms with van der Waals surface area (Å²) in [7, 11) is 0. The summed E-state index contributed by atoms with van der Waals surface area (Å²) in [5.74, 6) is 1.27. The topological polar surface area (TPSA) is 60.9 Å². The van der Waals surface area contributed by atoms with Crippen molar-refractivity contribution in [1.29, 1.82) is 0 Å². The molecule has 0 saturated heterocycles. The minimum Gasteiger partial charge on any atom is -0.466 e. The van der Waals surface area contributed by atoms with E-state index in [0.717, 1.165) is 28.1 Å². The lowest BCUT2D eigenvalue weighted by Gasteiger charge is -2.01. The first kappa shape index (κ1) is 18.6. The standard InChI is InChI=1S/C24H21N3O2/c1-17-13-22(18(2)29-17)23(28)11-10-21-16-27(15-19-7-4-3-5-8-19)26-24(21)20-9-6-12-25-14-20/h3-14,16H,15H2,1-2H3/b11-10+. The van der Waals surface area contributed by atoms with Gasteiger partial charge < -0.3 is 4.42 Å². The number of furan rings is 1. The van der Waals surface area contributed by atoms with Crippen LogP contribution < -0.4 is 0 Å². The van der Waals surface area contributed by atoms with Crippen molar-refractivity contribution in [3.05, 3.63) is 101 Å². The van der Waals surface area contributed by atoms with Gasteiger partial charge in [-0.05, 0) is 49.8 Å². The quantitative estimate of drug-likeness (QED) is 0.343. The molecule has 0 amide bonds. The van der Waals surface area contributed by atoms with Crippen LogP contribution in [0.3, 0.4) is 0 Å². The zero-order valence-corrected chi connectivity index (χ0v) is 16.4. The Kier molecular flexibility index (Phi) is 5.20. The molecule has 3 heterocycles. The minimum absolute atomic E-state index is 0.0905. The summed E-state index contributed by atoms with van der Waals surface area (Å²) >= 11 is 0. The van der Waals surface area contributed by atoms with Crippen molar-refractivity contribution < 1.29 is 9.21 Å². The van der Waals surface area contributed by atoms with Gasteiger partial charge in [-0.2, -0.15) is 5.10 Å². The summed E-state index contributed by atoms with van der Waals surface area (Å²) in [4.78, 5) is 16.8. The number of hydrogen-bond acceptors (Lipinski definition) is 4. The molecule has 0 spiro atoms. The van der Waals surface area contributed by atoms with Crippen LogP contribution in [0.4, 0.5) is 0 Å². The molecule has 0 N–H and O–H groups in total. The summed E-state index contributed by atoms with van der Waals surface area (Å²) < 4.78 is 7.36. The zero-order chi connectivity index (χ0) is 20.2. The van der Waals surface area contributed by atoms with Gasteiger partial charge in [0, 0.05) is 29.7 Å². The van der Waals surface area contributed by atoms with Crippen LogP contribution in [0.15, 0.2) is 77.6 Å². The Morgan fingerprint density at radius 2 is 1.97 bits per heavy atom. The molecule has 0 saturated carbocycles. The van der Waals surface area contributed by atoms with Gasteiger partial charge in [-0.1, -0.05) is 30.3 Å². The second-order valence-corrected chi connectivity index (χ2v) is 6.88. The highest BCUT2D eigenvalue weighted by Crippen LogP contribution is 2.23. The second kappa shape index (κ2) is 8.10. The molecule has 4 rings (SSSR count). The first-order valence-corrected chi connectivity index (χ1v) is 9.41. The number of pyridine rings is 1. The third-order valence-electron chi connectivity index (χ3n) is 4.63. The number of allylic oxidation sites excluding steroid dienone is 1. The zero-order valence-electron chi connectivity index (χ0n) is 16.4. The van der Waals surface area contributed by atoms with E-state index in [-0.39, 0.29) is 5.78 Å². The van der Waals surface area contributed by atoms with Crippen LogP contribution in [-0.4, -0.2) is 20.5 Å². The van der Waals surface area contributed by atoms with Crippen molar-refractivity contribution in [3.63, 3.8) is 0 Å². The van der Waals surface area contributed by atoms with E-state index in [1.54, 1.807) is 37.5 Å². The molecule has 0 radical (unpaired) electrons. The number of hydrogen-bond donors (Lipinski definition) is 0. The molecule has 0 bridgehead atoms. The van der Waals surface area contributed by atoms with Gasteiger partial charge in [0.1, 0.15) is 17.2 Å². The smallest absolute Gasteiger partial charge is 0.189 e. The van der Waals surface area contributed by atoms with Crippen LogP contribution in [0.25, 0.3) is 17.3 Å². The van der Waals surface area contributed by atoms with Crippen molar-refractivity contribution >= 4 is 11.9 Å². The normalized spacial score (nSPS) is 11.2. The Balaban J connectivity index is 1.67. The molecule has 4 aromatic rings. The number of ketones is 1. The highest BCUT2D eigenvalue weighted by molar-refractivity contribution is 6.07. The van der Waals surface area contributed by atoms with E-state index >= 15 is 0 Å². The number of aromatic nitrogens is 3. The fourth-order valence-electron chi connectivity index (χ4n) is 3.27. The maximum absolute atomic E-state index is 12.6. The third-order valence-corrected chi connectivity index (χ3v) is 4.63. The second-order valence-electron chi connectivity index (χ2n) is 6.88. The monoisotopic (exact) mass is 383 g/mol. The van der Waals surface area contributed by atoms with Crippen LogP contribution in [0.1, 0.15) is 33.0 Å². The summed E-state index contributed by atoms with van der Waals surface area (Å²) in [6.07, 6.45) is 8.83. The molecule has 3 aromatic heterocycles. The third kappa shape index (κ3) is 4.24. The molecule has 0 aliphatic heterocycles. The van der Waals surface area contributed by atoms with Gasteiger partial charge >= 0.3 is 0 Å². The number of rotatable bonds is 6. The average molecular weight is 383 g/mol. The van der Waals surface area contributed by atoms with Crippen LogP contribution in [0, 0.1) is 13.8 Å². The Hall–Kier alpha value is -3.73. The van der Waals surface area contributed by atoms with E-state index in [2.05, 4.69) is 17.1 Å². The Labute approximate surface area is 169 Å². The van der Waals surface area contributed by atoms with E-state index < -0.39 is 0 Å². The van der Waals surface area contributed by atoms with E-state index in [1.807, 2.05) is 48.1 Å². The van der Waals surface area contributed by atoms with Gasteiger partial charge in [0.15, 0.2) is 5.78 Å². The van der Waals surface area contributed by atoms with Crippen molar-refractivity contribution in [2.45, 2.75) is 20.4 Å². The summed E-state index contributed by atoms with van der Waals surface area (Å²) in [5, 5.41) is 4.74. The van der Waals surface area contributed by atoms with Crippen LogP contribution in [0.2, 0.25) is 0 Å². The number of carbonyl (C=O) groups is 1. The first-order valence-electron chi connectivity index (χ1n) is 9.41. The molecule has 1 aromatic carbocycles. The first-order chi connectivity index (χ1) is 14.1. The summed E-state index contributed by atoms with van der Waals surface area (Å²) in [6.45, 7) is 4.28. The van der Waals surface area contributed by atoms with Gasteiger partial charge in [-0.3, -0.25) is 14.5 Å². The van der Waals surface area contributed by atoms with Crippen molar-refractivity contribution in [1.82, 2.24) is 14.8 Å². The Morgan fingerprint density at radius 3 is 2.66 bits per heavy atom. The number of aryl methyl sites for hydroxylation is 2. The predicted molar refractivity (Wildman–Crippen MR) is 113 cm³/mol. The van der Waals surface area contributed by atoms with E-state index in [0.29, 0.717) is 17.9 Å². The summed E-state index contributed by atoms with van der Waals surface area (Å²) in [6, 6.07) is 15.7. The average Bonchev–Trinajstić information content (AvgIpc) is 3.29. The SMILES string of the molecule is Cc1cc(C(=O)/C=C/c2cn(Cc3ccccc3)nc2-c2cccnc2)c(C)o1. The lowest BCUT2D eigenvalue weighted by Crippen LogP contribution is -2.00. The van der Waals surface area contributed by atoms with E-state index in [1.165, 1.54) is 0 Å². The molecule has 5 heteroatoms. The molecule has 144 valence electrons. The molecule has 0 aliphatic carbocycles. The lowest BCUT2D eigenvalue weighted by atomic mass is 10.1. The molecule has 0 fully saturated rings. The molecule has 29 heavy (non-hydrogen) atoms. The lowest BCUT2D eigenvalue weighted by molar-refractivity contribution is 0.104. The van der Waals surface area contributed by atoms with Crippen molar-refractivity contribution in [3.8, 4) is 11.3 Å². The summed E-state index contributed by atoms with van der Waals surface area (Å²) in [5.41, 5.74) is 4.29. The van der Waals surface area contributed by atoms with Crippen molar-refractivity contribution in [2.24, 2.45) is 0 Å². The highest BCUT2D eigenvalue weighted by Gasteiger charge is 2.13. The van der Waals surface area contributed by atoms with Gasteiger partial charge in [-0.15, -0.1) is 0 Å².